The van der Waals surface area contributed by atoms with Crippen molar-refractivity contribution in [1.82, 2.24) is 10.6 Å². The second-order valence-corrected chi connectivity index (χ2v) is 24.8. The van der Waals surface area contributed by atoms with Crippen LogP contribution in [-0.2, 0) is 33.8 Å². The SMILES string of the molecule is CC(C)(C)c1cc(CP(C23CC4CC(CC(C4)C2)C3)C23CC4CC(CC(C4)C2)C3)c(C(P)(C2CCCNC2)C2CCCNC2)[cH-]1.[Fe+2].c1cc[cH-]c1. The fourth-order valence-corrected chi connectivity index (χ4v) is 20.9. The van der Waals surface area contributed by atoms with Crippen LogP contribution >= 0.6 is 17.2 Å². The Morgan fingerprint density at radius 1 is 0.725 bits per heavy atom. The molecule has 2 saturated heterocycles. The number of hydrogen-bond acceptors (Lipinski definition) is 2. The minimum atomic E-state index is -0.0464. The third kappa shape index (κ3) is 7.14. The third-order valence-corrected chi connectivity index (χ3v) is 21.6. The second kappa shape index (κ2) is 14.8. The van der Waals surface area contributed by atoms with E-state index in [9.17, 15) is 0 Å². The zero-order valence-electron chi connectivity index (χ0n) is 32.4. The van der Waals surface area contributed by atoms with Crippen LogP contribution in [0.15, 0.2) is 42.5 Å². The first kappa shape index (κ1) is 37.9. The molecule has 0 spiro atoms. The van der Waals surface area contributed by atoms with Crippen molar-refractivity contribution in [3.63, 3.8) is 0 Å². The summed E-state index contributed by atoms with van der Waals surface area (Å²) in [5, 5.41) is 9.38. The van der Waals surface area contributed by atoms with E-state index in [1.807, 2.05) is 41.5 Å². The third-order valence-electron chi connectivity index (χ3n) is 16.3. The Morgan fingerprint density at radius 3 is 1.49 bits per heavy atom. The van der Waals surface area contributed by atoms with Crippen LogP contribution in [0.2, 0.25) is 0 Å². The summed E-state index contributed by atoms with van der Waals surface area (Å²) in [6, 6.07) is 15.6. The fourth-order valence-electron chi connectivity index (χ4n) is 14.9. The molecular formula is C46H70FeN2P2. The van der Waals surface area contributed by atoms with Crippen LogP contribution < -0.4 is 10.6 Å². The normalized spacial score (nSPS) is 41.3. The molecule has 282 valence electrons. The molecule has 8 saturated carbocycles. The summed E-state index contributed by atoms with van der Waals surface area (Å²) in [7, 11) is 3.63. The van der Waals surface area contributed by atoms with E-state index in [-0.39, 0.29) is 35.6 Å². The van der Waals surface area contributed by atoms with Gasteiger partial charge in [0.25, 0.3) is 0 Å². The van der Waals surface area contributed by atoms with E-state index >= 15 is 0 Å². The van der Waals surface area contributed by atoms with Crippen LogP contribution in [0.3, 0.4) is 0 Å². The smallest absolute Gasteiger partial charge is 0.316 e. The molecule has 2 aliphatic heterocycles. The van der Waals surface area contributed by atoms with Crippen molar-refractivity contribution < 1.29 is 17.1 Å². The first-order valence-electron chi connectivity index (χ1n) is 21.6. The quantitative estimate of drug-likeness (QED) is 0.167. The van der Waals surface area contributed by atoms with Gasteiger partial charge in [0.05, 0.1) is 0 Å². The topological polar surface area (TPSA) is 24.1 Å². The summed E-state index contributed by atoms with van der Waals surface area (Å²) in [6.45, 7) is 12.3. The summed E-state index contributed by atoms with van der Waals surface area (Å²) in [5.74, 6) is 7.87. The van der Waals surface area contributed by atoms with Gasteiger partial charge in [0, 0.05) is 0 Å². The maximum Gasteiger partial charge on any atom is 2.00 e. The largest absolute Gasteiger partial charge is 2.00 e. The Labute approximate surface area is 326 Å². The molecule has 2 aromatic carbocycles. The van der Waals surface area contributed by atoms with E-state index in [4.69, 9.17) is 0 Å². The van der Waals surface area contributed by atoms with Gasteiger partial charge in [-0.3, -0.25) is 0 Å². The van der Waals surface area contributed by atoms with E-state index in [1.54, 1.807) is 82.6 Å². The van der Waals surface area contributed by atoms with Gasteiger partial charge in [-0.2, -0.15) is 41.0 Å². The molecule has 3 atom stereocenters. The van der Waals surface area contributed by atoms with E-state index < -0.39 is 0 Å². The zero-order valence-corrected chi connectivity index (χ0v) is 35.5. The van der Waals surface area contributed by atoms with Crippen LogP contribution in [0.1, 0.15) is 140 Å². The summed E-state index contributed by atoms with van der Waals surface area (Å²) in [4.78, 5) is 0. The van der Waals surface area contributed by atoms with Gasteiger partial charge < -0.3 is 10.6 Å². The van der Waals surface area contributed by atoms with Gasteiger partial charge in [-0.25, -0.2) is 18.2 Å². The number of rotatable bonds is 7. The molecule has 3 unspecified atom stereocenters. The van der Waals surface area contributed by atoms with Crippen molar-refractivity contribution in [2.75, 3.05) is 26.2 Å². The molecule has 5 heteroatoms. The molecule has 2 N–H and O–H groups in total. The molecule has 0 aromatic heterocycles. The Balaban J connectivity index is 0.000000576. The van der Waals surface area contributed by atoms with Crippen LogP contribution in [0, 0.1) is 47.3 Å². The minimum Gasteiger partial charge on any atom is -0.316 e. The van der Waals surface area contributed by atoms with E-state index in [0.717, 1.165) is 47.3 Å². The van der Waals surface area contributed by atoms with Gasteiger partial charge in [-0.1, -0.05) is 26.9 Å². The number of piperidine rings is 2. The van der Waals surface area contributed by atoms with Gasteiger partial charge in [0.15, 0.2) is 0 Å². The monoisotopic (exact) mass is 768 g/mol. The molecule has 8 aliphatic carbocycles. The first-order chi connectivity index (χ1) is 24.1. The maximum atomic E-state index is 3.89. The summed E-state index contributed by atoms with van der Waals surface area (Å²) in [5.41, 5.74) is 5.50. The van der Waals surface area contributed by atoms with Crippen molar-refractivity contribution in [1.29, 1.82) is 0 Å². The van der Waals surface area contributed by atoms with Crippen LogP contribution in [0.25, 0.3) is 0 Å². The second-order valence-electron chi connectivity index (χ2n) is 20.8. The summed E-state index contributed by atoms with van der Waals surface area (Å²) < 4.78 is 0. The summed E-state index contributed by atoms with van der Waals surface area (Å²) in [6.07, 6.45) is 26.3. The maximum absolute atomic E-state index is 3.89. The van der Waals surface area contributed by atoms with Crippen molar-refractivity contribution in [2.24, 2.45) is 47.3 Å². The van der Waals surface area contributed by atoms with E-state index in [2.05, 4.69) is 52.8 Å². The van der Waals surface area contributed by atoms with E-state index in [1.165, 1.54) is 58.0 Å². The Hall–Kier alpha value is -0.000519. The Morgan fingerprint density at radius 2 is 1.16 bits per heavy atom. The number of nitrogens with one attached hydrogen (secondary N) is 2. The molecule has 10 fully saturated rings. The molecule has 0 amide bonds. The van der Waals surface area contributed by atoms with Crippen molar-refractivity contribution >= 4 is 17.2 Å². The van der Waals surface area contributed by atoms with Gasteiger partial charge in [0.2, 0.25) is 0 Å². The van der Waals surface area contributed by atoms with Gasteiger partial charge in [-0.05, 0) is 197 Å². The van der Waals surface area contributed by atoms with Crippen molar-refractivity contribution in [2.45, 2.75) is 151 Å². The average molecular weight is 769 g/mol. The fraction of sp³-hybridized carbons (Fsp3) is 0.783. The Bertz CT molecular complexity index is 1290. The molecular weight excluding hydrogens is 698 g/mol. The van der Waals surface area contributed by atoms with Crippen molar-refractivity contribution in [3.8, 4) is 0 Å². The van der Waals surface area contributed by atoms with Crippen LogP contribution in [0.5, 0.6) is 0 Å². The average Bonchev–Trinajstić information content (AvgIpc) is 3.81. The minimum absolute atomic E-state index is 0. The van der Waals surface area contributed by atoms with Crippen molar-refractivity contribution in [3.05, 3.63) is 59.2 Å². The van der Waals surface area contributed by atoms with E-state index in [0.29, 0.717) is 10.3 Å². The van der Waals surface area contributed by atoms with Crippen LogP contribution in [-0.4, -0.2) is 36.5 Å². The molecule has 8 bridgehead atoms. The molecule has 2 heterocycles. The number of hydrogen-bond donors (Lipinski definition) is 2. The van der Waals surface area contributed by atoms with Crippen LogP contribution in [0.4, 0.5) is 0 Å². The summed E-state index contributed by atoms with van der Waals surface area (Å²) >= 11 is 0. The Kier molecular flexibility index (Phi) is 11.0. The molecule has 12 rings (SSSR count). The van der Waals surface area contributed by atoms with Gasteiger partial charge in [-0.15, -0.1) is 17.2 Å². The molecule has 10 aliphatic rings. The molecule has 51 heavy (non-hydrogen) atoms. The first-order valence-corrected chi connectivity index (χ1v) is 23.7. The van der Waals surface area contributed by atoms with Gasteiger partial charge >= 0.3 is 17.1 Å². The zero-order chi connectivity index (χ0) is 34.1. The van der Waals surface area contributed by atoms with Gasteiger partial charge in [0.1, 0.15) is 0 Å². The predicted molar refractivity (Wildman–Crippen MR) is 218 cm³/mol. The molecule has 2 aromatic rings. The molecule has 2 nitrogen and oxygen atoms in total. The predicted octanol–water partition coefficient (Wildman–Crippen LogP) is 11.1. The standard InChI is InChI=1S/C41H65N2P2.C5H5.Fe/c1-38(2,3)36-16-33(37(17-36)41(44,34-6-4-8-42-24-34)35-7-5-9-43-25-35)26-45(39-18-27-10-28(19-39)12-29(11-27)20-39)40-21-30-13-31(22-40)15-32(14-30)23-40;1-2-4-5-3-1;/h16-17,27-32,34-35,42-43H,4-15,18-26,44H2,1-3H3;1-5H;/q2*-1;+2. The molecule has 0 radical (unpaired) electrons.